The maximum Gasteiger partial charge on any atom is -1.00 e. The van der Waals surface area contributed by atoms with Gasteiger partial charge in [0.1, 0.15) is 0 Å². The molecule has 0 heterocycles. The first kappa shape index (κ1) is 19.5. The van der Waals surface area contributed by atoms with Crippen LogP contribution in [0.4, 0.5) is 0 Å². The van der Waals surface area contributed by atoms with Gasteiger partial charge in [0.2, 0.25) is 0 Å². The molecule has 0 bridgehead atoms. The van der Waals surface area contributed by atoms with E-state index in [2.05, 4.69) is 46.8 Å². The summed E-state index contributed by atoms with van der Waals surface area (Å²) in [5, 5.41) is 0. The fraction of sp³-hybridized carbons (Fsp3) is 0.500. The quantitative estimate of drug-likeness (QED) is 0.592. The summed E-state index contributed by atoms with van der Waals surface area (Å²) in [5.74, 6) is 1.76. The van der Waals surface area contributed by atoms with Gasteiger partial charge in [0.05, 0.1) is 0 Å². The minimum absolute atomic E-state index is 0. The molecule has 0 nitrogen and oxygen atoms in total. The van der Waals surface area contributed by atoms with Crippen molar-refractivity contribution in [1.29, 1.82) is 0 Å². The van der Waals surface area contributed by atoms with E-state index in [4.69, 9.17) is 0 Å². The molecule has 2 fully saturated rings. The van der Waals surface area contributed by atoms with Crippen LogP contribution < -0.4 is 24.8 Å². The standard InChI is InChI=1S/2C9H11.C2H3.2ClH.Zr/c2*1-2-5-9-7-3-6-8(9)4-1;1-2;;;/h2*1-2,4,6,9H,3,5,7H2;1H,2H2;2*1H;/q;;;;;+2/p-2. The average molecular weight is 428 g/mol. The van der Waals surface area contributed by atoms with Gasteiger partial charge in [-0.1, -0.05) is 0 Å². The van der Waals surface area contributed by atoms with Crippen molar-refractivity contribution < 1.29 is 46.6 Å². The second-order valence-corrected chi connectivity index (χ2v) is 13.9. The molecule has 0 N–H and O–H groups in total. The van der Waals surface area contributed by atoms with Crippen molar-refractivity contribution in [2.75, 3.05) is 0 Å². The zero-order valence-electron chi connectivity index (χ0n) is 13.6. The number of hydrogen-bond acceptors (Lipinski definition) is 0. The summed E-state index contributed by atoms with van der Waals surface area (Å²) in [6, 6.07) is 0. The number of rotatable bonds is 3. The average Bonchev–Trinajstić information content (AvgIpc) is 3.14. The third-order valence-electron chi connectivity index (χ3n) is 6.09. The molecule has 123 valence electrons. The third kappa shape index (κ3) is 3.58. The van der Waals surface area contributed by atoms with Gasteiger partial charge in [-0.3, -0.25) is 0 Å². The van der Waals surface area contributed by atoms with Gasteiger partial charge in [-0.05, 0) is 0 Å². The van der Waals surface area contributed by atoms with Gasteiger partial charge in [0.15, 0.2) is 0 Å². The minimum Gasteiger partial charge on any atom is -1.00 e. The van der Waals surface area contributed by atoms with Gasteiger partial charge < -0.3 is 24.8 Å². The molecule has 2 saturated carbocycles. The second-order valence-electron chi connectivity index (χ2n) is 7.02. The Morgan fingerprint density at radius 2 is 1.30 bits per heavy atom. The molecule has 0 aliphatic heterocycles. The van der Waals surface area contributed by atoms with E-state index in [9.17, 15) is 0 Å². The van der Waals surface area contributed by atoms with Crippen molar-refractivity contribution in [3.63, 3.8) is 0 Å². The van der Waals surface area contributed by atoms with E-state index in [-0.39, 0.29) is 24.8 Å². The summed E-state index contributed by atoms with van der Waals surface area (Å²) >= 11 is -1.62. The maximum absolute atomic E-state index is 4.32. The number of fused-ring (bicyclic) bond motifs is 2. The molecule has 4 unspecified atom stereocenters. The Kier molecular flexibility index (Phi) is 7.21. The van der Waals surface area contributed by atoms with E-state index >= 15 is 0 Å². The van der Waals surface area contributed by atoms with Crippen molar-refractivity contribution in [2.45, 2.75) is 45.8 Å². The SMILES string of the molecule is C=[CH][Zr+2]([CH]1CCC2CC=CC=C21)[CH]1CCC2CC=CC=C21.[Cl-].[Cl-]. The maximum atomic E-state index is 4.32. The number of halogens is 2. The molecule has 3 heteroatoms. The number of allylic oxidation sites excluding steroid dienone is 8. The molecular weight excluding hydrogens is 402 g/mol. The first-order valence-corrected chi connectivity index (χ1v) is 12.9. The summed E-state index contributed by atoms with van der Waals surface area (Å²) in [5.41, 5.74) is 3.64. The van der Waals surface area contributed by atoms with E-state index in [0.29, 0.717) is 0 Å². The van der Waals surface area contributed by atoms with Crippen LogP contribution in [0.5, 0.6) is 0 Å². The van der Waals surface area contributed by atoms with E-state index in [1.165, 1.54) is 38.5 Å². The summed E-state index contributed by atoms with van der Waals surface area (Å²) in [7, 11) is 0. The van der Waals surface area contributed by atoms with E-state index in [0.717, 1.165) is 19.1 Å². The monoisotopic (exact) mass is 425 g/mol. The van der Waals surface area contributed by atoms with Crippen LogP contribution >= 0.6 is 0 Å². The van der Waals surface area contributed by atoms with Gasteiger partial charge in [0, 0.05) is 0 Å². The van der Waals surface area contributed by atoms with Gasteiger partial charge in [-0.2, -0.15) is 0 Å². The van der Waals surface area contributed by atoms with Crippen LogP contribution in [0.2, 0.25) is 7.25 Å². The molecule has 0 aromatic heterocycles. The second kappa shape index (κ2) is 8.51. The van der Waals surface area contributed by atoms with Crippen molar-refractivity contribution in [2.24, 2.45) is 11.8 Å². The predicted molar refractivity (Wildman–Crippen MR) is 86.8 cm³/mol. The molecule has 4 rings (SSSR count). The molecule has 4 atom stereocenters. The molecule has 0 amide bonds. The van der Waals surface area contributed by atoms with Crippen LogP contribution in [-0.2, 0) is 21.8 Å². The summed E-state index contributed by atoms with van der Waals surface area (Å²) in [6.07, 6.45) is 22.7. The van der Waals surface area contributed by atoms with Gasteiger partial charge in [0.25, 0.3) is 0 Å². The molecule has 0 aromatic carbocycles. The topological polar surface area (TPSA) is 0 Å². The Bertz CT molecular complexity index is 512. The van der Waals surface area contributed by atoms with E-state index in [1.54, 1.807) is 0 Å². The Morgan fingerprint density at radius 3 is 1.74 bits per heavy atom. The van der Waals surface area contributed by atoms with Crippen LogP contribution in [0.3, 0.4) is 0 Å². The van der Waals surface area contributed by atoms with E-state index < -0.39 is 21.8 Å². The van der Waals surface area contributed by atoms with Crippen LogP contribution in [0.25, 0.3) is 0 Å². The largest absolute Gasteiger partial charge is 1.00 e. The Balaban J connectivity index is 0.000000960. The number of hydrogen-bond donors (Lipinski definition) is 0. The van der Waals surface area contributed by atoms with Crippen molar-refractivity contribution in [3.8, 4) is 0 Å². The van der Waals surface area contributed by atoms with Crippen LogP contribution in [-0.4, -0.2) is 0 Å². The summed E-state index contributed by atoms with van der Waals surface area (Å²) in [4.78, 5) is 0. The van der Waals surface area contributed by atoms with Crippen molar-refractivity contribution >= 4 is 0 Å². The minimum atomic E-state index is -1.62. The molecule has 4 aliphatic rings. The Hall–Kier alpha value is 0.163. The first-order valence-electron chi connectivity index (χ1n) is 8.61. The summed E-state index contributed by atoms with van der Waals surface area (Å²) < 4.78 is 4.39. The third-order valence-corrected chi connectivity index (χ3v) is 14.3. The van der Waals surface area contributed by atoms with Gasteiger partial charge >= 0.3 is 137 Å². The van der Waals surface area contributed by atoms with Crippen LogP contribution in [0, 0.1) is 11.8 Å². The Morgan fingerprint density at radius 1 is 0.826 bits per heavy atom. The van der Waals surface area contributed by atoms with Crippen molar-refractivity contribution in [1.82, 2.24) is 0 Å². The van der Waals surface area contributed by atoms with Gasteiger partial charge in [-0.15, -0.1) is 0 Å². The normalized spacial score (nSPS) is 33.6. The summed E-state index contributed by atoms with van der Waals surface area (Å²) in [6.45, 7) is 4.32. The van der Waals surface area contributed by atoms with Crippen LogP contribution in [0.1, 0.15) is 38.5 Å². The van der Waals surface area contributed by atoms with E-state index in [1.807, 2.05) is 11.1 Å². The molecule has 0 saturated heterocycles. The zero-order valence-corrected chi connectivity index (χ0v) is 17.5. The smallest absolute Gasteiger partial charge is 1.00 e. The molecule has 23 heavy (non-hydrogen) atoms. The molecular formula is C20H25Cl2Zr. The zero-order chi connectivity index (χ0) is 14.2. The van der Waals surface area contributed by atoms with Crippen molar-refractivity contribution in [3.05, 3.63) is 58.0 Å². The predicted octanol–water partition coefficient (Wildman–Crippen LogP) is -0.0743. The molecule has 4 aliphatic carbocycles. The molecule has 0 spiro atoms. The fourth-order valence-electron chi connectivity index (χ4n) is 5.07. The van der Waals surface area contributed by atoms with Gasteiger partial charge in [-0.25, -0.2) is 0 Å². The Labute approximate surface area is 161 Å². The molecule has 0 aromatic rings. The first-order chi connectivity index (χ1) is 10.4. The molecule has 0 radical (unpaired) electrons. The van der Waals surface area contributed by atoms with Crippen LogP contribution in [0.15, 0.2) is 58.0 Å². The fourth-order valence-corrected chi connectivity index (χ4v) is 13.6.